The van der Waals surface area contributed by atoms with Crippen LogP contribution >= 0.6 is 0 Å². The highest BCUT2D eigenvalue weighted by molar-refractivity contribution is 6.46. The highest BCUT2D eigenvalue weighted by atomic mass is 16.5. The van der Waals surface area contributed by atoms with Gasteiger partial charge in [-0.25, -0.2) is 0 Å². The Balaban J connectivity index is 1.79. The minimum Gasteiger partial charge on any atom is -0.507 e. The van der Waals surface area contributed by atoms with Gasteiger partial charge in [0.25, 0.3) is 11.7 Å². The van der Waals surface area contributed by atoms with Gasteiger partial charge in [-0.1, -0.05) is 30.3 Å². The highest BCUT2D eigenvalue weighted by Crippen LogP contribution is 2.43. The molecule has 33 heavy (non-hydrogen) atoms. The quantitative estimate of drug-likeness (QED) is 0.392. The molecule has 0 spiro atoms. The standard InChI is InChI=1S/C25H28N2O6/c1-31-18-8-9-19(20(16-18)32-2)22-21(23(28)17-6-4-3-5-7-17)24(29)25(30)27(22)11-10-26-12-14-33-15-13-26/h3-9,16,22,28H,10-15H2,1-2H3/b23-21+/t22-/m0/s1. The van der Waals surface area contributed by atoms with Crippen molar-refractivity contribution in [1.29, 1.82) is 0 Å². The van der Waals surface area contributed by atoms with Crippen LogP contribution in [0.1, 0.15) is 17.2 Å². The number of aliphatic hydroxyl groups excluding tert-OH is 1. The number of amides is 1. The lowest BCUT2D eigenvalue weighted by molar-refractivity contribution is -0.140. The summed E-state index contributed by atoms with van der Waals surface area (Å²) in [5, 5.41) is 11.1. The molecule has 1 N–H and O–H groups in total. The number of aliphatic hydroxyl groups is 1. The summed E-state index contributed by atoms with van der Waals surface area (Å²) >= 11 is 0. The first-order chi connectivity index (χ1) is 16.0. The van der Waals surface area contributed by atoms with Crippen LogP contribution in [0.3, 0.4) is 0 Å². The summed E-state index contributed by atoms with van der Waals surface area (Å²) in [7, 11) is 3.08. The van der Waals surface area contributed by atoms with Gasteiger partial charge in [0.15, 0.2) is 0 Å². The largest absolute Gasteiger partial charge is 0.507 e. The fourth-order valence-corrected chi connectivity index (χ4v) is 4.30. The second-order valence-corrected chi connectivity index (χ2v) is 7.92. The molecule has 2 aliphatic heterocycles. The highest BCUT2D eigenvalue weighted by Gasteiger charge is 2.47. The molecule has 2 aromatic carbocycles. The monoisotopic (exact) mass is 452 g/mol. The lowest BCUT2D eigenvalue weighted by atomic mass is 9.94. The van der Waals surface area contributed by atoms with Crippen LogP contribution in [0.5, 0.6) is 11.5 Å². The molecule has 1 atom stereocenters. The minimum absolute atomic E-state index is 0.0524. The van der Waals surface area contributed by atoms with Crippen LogP contribution in [0.25, 0.3) is 5.76 Å². The second-order valence-electron chi connectivity index (χ2n) is 7.92. The van der Waals surface area contributed by atoms with E-state index in [0.29, 0.717) is 48.9 Å². The van der Waals surface area contributed by atoms with Crippen molar-refractivity contribution < 1.29 is 28.9 Å². The number of ketones is 1. The topological polar surface area (TPSA) is 88.5 Å². The Hall–Kier alpha value is -3.36. The number of nitrogens with zero attached hydrogens (tertiary/aromatic N) is 2. The van der Waals surface area contributed by atoms with Gasteiger partial charge >= 0.3 is 0 Å². The zero-order chi connectivity index (χ0) is 23.4. The number of ether oxygens (including phenoxy) is 3. The first-order valence-corrected chi connectivity index (χ1v) is 10.9. The van der Waals surface area contributed by atoms with E-state index in [1.807, 2.05) is 6.07 Å². The molecule has 2 heterocycles. The van der Waals surface area contributed by atoms with Crippen molar-refractivity contribution in [2.75, 3.05) is 53.6 Å². The molecule has 0 bridgehead atoms. The van der Waals surface area contributed by atoms with Gasteiger partial charge < -0.3 is 24.2 Å². The van der Waals surface area contributed by atoms with E-state index in [1.165, 1.54) is 12.0 Å². The maximum atomic E-state index is 13.2. The van der Waals surface area contributed by atoms with Crippen molar-refractivity contribution in [3.63, 3.8) is 0 Å². The summed E-state index contributed by atoms with van der Waals surface area (Å²) < 4.78 is 16.3. The molecular weight excluding hydrogens is 424 g/mol. The van der Waals surface area contributed by atoms with Crippen molar-refractivity contribution >= 4 is 17.4 Å². The molecule has 2 aromatic rings. The van der Waals surface area contributed by atoms with Crippen molar-refractivity contribution in [3.8, 4) is 11.5 Å². The van der Waals surface area contributed by atoms with Gasteiger partial charge in [0.1, 0.15) is 17.3 Å². The van der Waals surface area contributed by atoms with E-state index >= 15 is 0 Å². The van der Waals surface area contributed by atoms with E-state index in [2.05, 4.69) is 4.90 Å². The molecule has 2 aliphatic rings. The molecule has 0 unspecified atom stereocenters. The molecule has 174 valence electrons. The summed E-state index contributed by atoms with van der Waals surface area (Å²) in [6.45, 7) is 3.74. The Morgan fingerprint density at radius 1 is 1.03 bits per heavy atom. The van der Waals surface area contributed by atoms with Gasteiger partial charge in [0, 0.05) is 43.4 Å². The minimum atomic E-state index is -0.785. The molecule has 8 nitrogen and oxygen atoms in total. The van der Waals surface area contributed by atoms with E-state index in [1.54, 1.807) is 49.6 Å². The summed E-state index contributed by atoms with van der Waals surface area (Å²) in [4.78, 5) is 30.1. The average Bonchev–Trinajstić information content (AvgIpc) is 3.12. The van der Waals surface area contributed by atoms with Gasteiger partial charge in [-0.2, -0.15) is 0 Å². The fourth-order valence-electron chi connectivity index (χ4n) is 4.30. The molecule has 0 aromatic heterocycles. The van der Waals surface area contributed by atoms with Crippen LogP contribution in [0, 0.1) is 0 Å². The molecule has 2 fully saturated rings. The molecule has 8 heteroatoms. The van der Waals surface area contributed by atoms with Crippen molar-refractivity contribution in [2.24, 2.45) is 0 Å². The zero-order valence-corrected chi connectivity index (χ0v) is 18.8. The molecule has 4 rings (SSSR count). The number of Topliss-reactive ketones (excluding diaryl/α,β-unsaturated/α-hetero) is 1. The maximum Gasteiger partial charge on any atom is 0.295 e. The van der Waals surface area contributed by atoms with Crippen LogP contribution in [0.4, 0.5) is 0 Å². The van der Waals surface area contributed by atoms with Crippen molar-refractivity contribution in [3.05, 3.63) is 65.2 Å². The molecule has 0 saturated carbocycles. The summed E-state index contributed by atoms with van der Waals surface area (Å²) in [6.07, 6.45) is 0. The first kappa shape index (κ1) is 22.8. The van der Waals surface area contributed by atoms with Gasteiger partial charge in [0.2, 0.25) is 0 Å². The van der Waals surface area contributed by atoms with E-state index < -0.39 is 17.7 Å². The molecule has 2 saturated heterocycles. The van der Waals surface area contributed by atoms with Crippen molar-refractivity contribution in [1.82, 2.24) is 9.80 Å². The molecular formula is C25H28N2O6. The Labute approximate surface area is 193 Å². The zero-order valence-electron chi connectivity index (χ0n) is 18.8. The van der Waals surface area contributed by atoms with E-state index in [4.69, 9.17) is 14.2 Å². The predicted octanol–water partition coefficient (Wildman–Crippen LogP) is 2.46. The fraction of sp³-hybridized carbons (Fsp3) is 0.360. The third-order valence-corrected chi connectivity index (χ3v) is 6.08. The molecule has 0 aliphatic carbocycles. The van der Waals surface area contributed by atoms with Crippen molar-refractivity contribution in [2.45, 2.75) is 6.04 Å². The van der Waals surface area contributed by atoms with Crippen LogP contribution in [0.2, 0.25) is 0 Å². The lowest BCUT2D eigenvalue weighted by Crippen LogP contribution is -2.42. The van der Waals surface area contributed by atoms with Gasteiger partial charge in [-0.15, -0.1) is 0 Å². The van der Waals surface area contributed by atoms with E-state index in [0.717, 1.165) is 13.1 Å². The Kier molecular flexibility index (Phi) is 6.96. The maximum absolute atomic E-state index is 13.2. The van der Waals surface area contributed by atoms with Gasteiger partial charge in [-0.05, 0) is 12.1 Å². The number of carbonyl (C=O) groups excluding carboxylic acids is 2. The third-order valence-electron chi connectivity index (χ3n) is 6.08. The number of rotatable bonds is 7. The van der Waals surface area contributed by atoms with E-state index in [9.17, 15) is 14.7 Å². The number of hydrogen-bond donors (Lipinski definition) is 1. The van der Waals surface area contributed by atoms with Crippen LogP contribution < -0.4 is 9.47 Å². The Bertz CT molecular complexity index is 1050. The Morgan fingerprint density at radius 2 is 1.76 bits per heavy atom. The summed E-state index contributed by atoms with van der Waals surface area (Å²) in [5.74, 6) is -0.490. The molecule has 1 amide bonds. The first-order valence-electron chi connectivity index (χ1n) is 10.9. The molecule has 0 radical (unpaired) electrons. The summed E-state index contributed by atoms with van der Waals surface area (Å²) in [6, 6.07) is 13.2. The number of likely N-dealkylation sites (tertiary alicyclic amines) is 1. The lowest BCUT2D eigenvalue weighted by Gasteiger charge is -2.31. The normalized spacial score (nSPS) is 20.8. The number of methoxy groups -OCH3 is 2. The van der Waals surface area contributed by atoms with Crippen LogP contribution in [0.15, 0.2) is 54.1 Å². The Morgan fingerprint density at radius 3 is 2.42 bits per heavy atom. The van der Waals surface area contributed by atoms with Crippen LogP contribution in [-0.4, -0.2) is 80.2 Å². The van der Waals surface area contributed by atoms with Gasteiger partial charge in [0.05, 0.1) is 39.0 Å². The summed E-state index contributed by atoms with van der Waals surface area (Å²) in [5.41, 5.74) is 1.13. The number of benzene rings is 2. The SMILES string of the molecule is COc1ccc([C@H]2/C(=C(\O)c3ccccc3)C(=O)C(=O)N2CCN2CCOCC2)c(OC)c1. The average molecular weight is 453 g/mol. The second kappa shape index (κ2) is 10.1. The third kappa shape index (κ3) is 4.58. The number of morpholine rings is 1. The van der Waals surface area contributed by atoms with Crippen LogP contribution in [-0.2, 0) is 14.3 Å². The predicted molar refractivity (Wildman–Crippen MR) is 122 cm³/mol. The smallest absolute Gasteiger partial charge is 0.295 e. The van der Waals surface area contributed by atoms with E-state index in [-0.39, 0.29) is 11.3 Å². The number of carbonyl (C=O) groups is 2. The van der Waals surface area contributed by atoms with Gasteiger partial charge in [-0.3, -0.25) is 14.5 Å². The number of hydrogen-bond acceptors (Lipinski definition) is 7.